The number of thiophene rings is 1. The molecule has 1 amide bonds. The van der Waals surface area contributed by atoms with Crippen molar-refractivity contribution >= 4 is 27.5 Å². The normalized spacial score (nSPS) is 11.0. The van der Waals surface area contributed by atoms with Crippen LogP contribution in [0.5, 0.6) is 11.5 Å². The van der Waals surface area contributed by atoms with Gasteiger partial charge in [-0.15, -0.1) is 11.3 Å². The number of hydrogen-bond donors (Lipinski definition) is 1. The van der Waals surface area contributed by atoms with Crippen molar-refractivity contribution in [2.45, 2.75) is 13.5 Å². The van der Waals surface area contributed by atoms with Gasteiger partial charge in [-0.25, -0.2) is 9.66 Å². The van der Waals surface area contributed by atoms with Crippen molar-refractivity contribution in [1.82, 2.24) is 9.66 Å². The van der Waals surface area contributed by atoms with Crippen LogP contribution in [0.15, 0.2) is 59.7 Å². The summed E-state index contributed by atoms with van der Waals surface area (Å²) in [5.74, 6) is -0.956. The number of rotatable bonds is 6. The average molecular weight is 457 g/mol. The number of methoxy groups -OCH3 is 1. The van der Waals surface area contributed by atoms with E-state index in [4.69, 9.17) is 4.74 Å². The molecular weight excluding hydrogens is 440 g/mol. The number of ether oxygens (including phenoxy) is 2. The summed E-state index contributed by atoms with van der Waals surface area (Å²) in [5.41, 5.74) is 3.61. The number of alkyl halides is 2. The molecule has 7 nitrogen and oxygen atoms in total. The van der Waals surface area contributed by atoms with Gasteiger partial charge in [0.1, 0.15) is 11.2 Å². The molecule has 4 aromatic rings. The average Bonchev–Trinajstić information content (AvgIpc) is 3.12. The Balaban J connectivity index is 1.72. The number of nitrogens with zero attached hydrogens (tertiary/aromatic N) is 2. The molecule has 0 saturated heterocycles. The Bertz CT molecular complexity index is 1350. The number of hydrogen-bond acceptors (Lipinski definition) is 6. The summed E-state index contributed by atoms with van der Waals surface area (Å²) in [6, 6.07) is 13.2. The lowest BCUT2D eigenvalue weighted by Gasteiger charge is -2.12. The molecule has 2 aromatic heterocycles. The van der Waals surface area contributed by atoms with E-state index in [1.807, 2.05) is 37.3 Å². The van der Waals surface area contributed by atoms with Crippen LogP contribution in [-0.4, -0.2) is 29.3 Å². The highest BCUT2D eigenvalue weighted by atomic mass is 32.1. The predicted octanol–water partition coefficient (Wildman–Crippen LogP) is 4.43. The zero-order chi connectivity index (χ0) is 22.8. The second-order valence-electron chi connectivity index (χ2n) is 6.68. The summed E-state index contributed by atoms with van der Waals surface area (Å²) in [6.45, 7) is -1.19. The zero-order valence-corrected chi connectivity index (χ0v) is 17.8. The molecule has 10 heteroatoms. The summed E-state index contributed by atoms with van der Waals surface area (Å²) in [4.78, 5) is 31.7. The van der Waals surface area contributed by atoms with Crippen molar-refractivity contribution in [2.75, 3.05) is 12.5 Å². The molecule has 0 bridgehead atoms. The van der Waals surface area contributed by atoms with Crippen LogP contribution in [0.2, 0.25) is 0 Å². The van der Waals surface area contributed by atoms with E-state index in [-0.39, 0.29) is 17.1 Å². The van der Waals surface area contributed by atoms with Crippen molar-refractivity contribution in [3.8, 4) is 22.6 Å². The van der Waals surface area contributed by atoms with E-state index in [9.17, 15) is 18.4 Å². The Morgan fingerprint density at radius 1 is 1.16 bits per heavy atom. The number of aromatic nitrogens is 2. The topological polar surface area (TPSA) is 82.5 Å². The second kappa shape index (κ2) is 8.75. The molecule has 0 aliphatic rings. The van der Waals surface area contributed by atoms with E-state index < -0.39 is 18.1 Å². The summed E-state index contributed by atoms with van der Waals surface area (Å²) in [6.07, 6.45) is 1.22. The Kier molecular flexibility index (Phi) is 5.87. The predicted molar refractivity (Wildman–Crippen MR) is 117 cm³/mol. The highest BCUT2D eigenvalue weighted by molar-refractivity contribution is 7.19. The largest absolute Gasteiger partial charge is 0.493 e. The summed E-state index contributed by atoms with van der Waals surface area (Å²) < 4.78 is 35.7. The van der Waals surface area contributed by atoms with Gasteiger partial charge in [0.15, 0.2) is 11.5 Å². The van der Waals surface area contributed by atoms with Crippen LogP contribution in [0.25, 0.3) is 21.3 Å². The third-order valence-electron chi connectivity index (χ3n) is 4.72. The Morgan fingerprint density at radius 2 is 1.91 bits per heavy atom. The van der Waals surface area contributed by atoms with Crippen LogP contribution < -0.4 is 20.5 Å². The van der Waals surface area contributed by atoms with Gasteiger partial charge in [0.25, 0.3) is 11.5 Å². The van der Waals surface area contributed by atoms with Gasteiger partial charge in [-0.3, -0.25) is 15.0 Å². The highest BCUT2D eigenvalue weighted by Crippen LogP contribution is 2.35. The van der Waals surface area contributed by atoms with Gasteiger partial charge in [-0.05, 0) is 30.7 Å². The molecule has 0 aliphatic heterocycles. The number of nitrogens with one attached hydrogen (secondary N) is 1. The van der Waals surface area contributed by atoms with Crippen molar-refractivity contribution in [3.63, 3.8) is 0 Å². The number of amides is 1. The van der Waals surface area contributed by atoms with Crippen molar-refractivity contribution in [3.05, 3.63) is 75.7 Å². The van der Waals surface area contributed by atoms with Gasteiger partial charge >= 0.3 is 6.61 Å². The van der Waals surface area contributed by atoms with Crippen LogP contribution in [0.4, 0.5) is 8.78 Å². The molecule has 0 atom stereocenters. The number of aryl methyl sites for hydroxylation is 1. The lowest BCUT2D eigenvalue weighted by molar-refractivity contribution is -0.0512. The molecule has 164 valence electrons. The van der Waals surface area contributed by atoms with Gasteiger partial charge < -0.3 is 9.47 Å². The van der Waals surface area contributed by atoms with E-state index in [2.05, 4.69) is 15.1 Å². The van der Waals surface area contributed by atoms with Gasteiger partial charge in [-0.2, -0.15) is 8.78 Å². The molecule has 4 rings (SSSR count). The van der Waals surface area contributed by atoms with Crippen molar-refractivity contribution in [1.29, 1.82) is 0 Å². The van der Waals surface area contributed by atoms with Crippen molar-refractivity contribution in [2.24, 2.45) is 0 Å². The zero-order valence-electron chi connectivity index (χ0n) is 17.0. The molecule has 2 aromatic carbocycles. The lowest BCUT2D eigenvalue weighted by Crippen LogP contribution is -2.33. The molecule has 32 heavy (non-hydrogen) atoms. The van der Waals surface area contributed by atoms with Gasteiger partial charge in [-0.1, -0.05) is 30.3 Å². The molecule has 0 saturated carbocycles. The number of fused-ring (bicyclic) bond motifs is 1. The standard InChI is InChI=1S/C22H17F2N3O4S/c1-12-17(13-6-4-3-5-7-13)18-20(32-12)25-11-27(21(18)29)26-19(28)14-8-9-15(30-2)16(10-14)31-22(23)24/h3-11,22H,1-2H3,(H,26,28). The first-order chi connectivity index (χ1) is 15.4. The summed E-state index contributed by atoms with van der Waals surface area (Å²) in [7, 11) is 1.29. The monoisotopic (exact) mass is 457 g/mol. The molecule has 2 heterocycles. The van der Waals surface area contributed by atoms with E-state index in [1.165, 1.54) is 36.9 Å². The molecule has 0 fully saturated rings. The first-order valence-corrected chi connectivity index (χ1v) is 10.2. The number of halogens is 2. The van der Waals surface area contributed by atoms with E-state index >= 15 is 0 Å². The van der Waals surface area contributed by atoms with Crippen molar-refractivity contribution < 1.29 is 23.0 Å². The highest BCUT2D eigenvalue weighted by Gasteiger charge is 2.19. The Morgan fingerprint density at radius 3 is 2.59 bits per heavy atom. The first kappa shape index (κ1) is 21.4. The van der Waals surface area contributed by atoms with Crippen LogP contribution in [0.3, 0.4) is 0 Å². The molecule has 0 aliphatic carbocycles. The fourth-order valence-corrected chi connectivity index (χ4v) is 4.32. The Labute approximate surface area is 184 Å². The number of carbonyl (C=O) groups is 1. The first-order valence-electron chi connectivity index (χ1n) is 9.39. The third kappa shape index (κ3) is 4.04. The minimum atomic E-state index is -3.09. The molecular formula is C22H17F2N3O4S. The fourth-order valence-electron chi connectivity index (χ4n) is 3.31. The van der Waals surface area contributed by atoms with Gasteiger partial charge in [0.2, 0.25) is 0 Å². The fraction of sp³-hybridized carbons (Fsp3) is 0.136. The maximum absolute atomic E-state index is 13.2. The second-order valence-corrected chi connectivity index (χ2v) is 7.89. The smallest absolute Gasteiger partial charge is 0.387 e. The summed E-state index contributed by atoms with van der Waals surface area (Å²) in [5, 5.41) is 0.387. The molecule has 0 spiro atoms. The van der Waals surface area contributed by atoms with E-state index in [0.717, 1.165) is 26.7 Å². The number of benzene rings is 2. The van der Waals surface area contributed by atoms with Crippen LogP contribution in [0, 0.1) is 6.92 Å². The Hall–Kier alpha value is -3.79. The number of carbonyl (C=O) groups excluding carboxylic acids is 1. The minimum absolute atomic E-state index is 0.00164. The quantitative estimate of drug-likeness (QED) is 0.463. The van der Waals surface area contributed by atoms with Gasteiger partial charge in [0, 0.05) is 16.0 Å². The molecule has 0 unspecified atom stereocenters. The summed E-state index contributed by atoms with van der Waals surface area (Å²) >= 11 is 1.38. The van der Waals surface area contributed by atoms with E-state index in [1.54, 1.807) is 0 Å². The molecule has 1 N–H and O–H groups in total. The lowest BCUT2D eigenvalue weighted by atomic mass is 10.0. The van der Waals surface area contributed by atoms with E-state index in [0.29, 0.717) is 10.2 Å². The van der Waals surface area contributed by atoms with Crippen LogP contribution in [-0.2, 0) is 0 Å². The molecule has 0 radical (unpaired) electrons. The van der Waals surface area contributed by atoms with Crippen LogP contribution in [0.1, 0.15) is 15.2 Å². The maximum Gasteiger partial charge on any atom is 0.387 e. The van der Waals surface area contributed by atoms with Gasteiger partial charge in [0.05, 0.1) is 12.5 Å². The van der Waals surface area contributed by atoms with Crippen LogP contribution >= 0.6 is 11.3 Å². The minimum Gasteiger partial charge on any atom is -0.493 e. The SMILES string of the molecule is COc1ccc(C(=O)Nn2cnc3sc(C)c(-c4ccccc4)c3c2=O)cc1OC(F)F. The maximum atomic E-state index is 13.2. The third-order valence-corrected chi connectivity index (χ3v) is 5.73.